The average Bonchev–Trinajstić information content (AvgIpc) is 2.90. The van der Waals surface area contributed by atoms with E-state index in [1.165, 1.54) is 70.6 Å². The molecule has 6 atom stereocenters. The summed E-state index contributed by atoms with van der Waals surface area (Å²) in [5, 5.41) is 18.7. The Kier molecular flexibility index (Phi) is 8.75. The molecule has 0 radical (unpaired) electrons. The van der Waals surface area contributed by atoms with E-state index in [0.29, 0.717) is 12.0 Å². The zero-order chi connectivity index (χ0) is 18.3. The molecule has 0 aliphatic heterocycles. The lowest BCUT2D eigenvalue weighted by Crippen LogP contribution is -2.41. The number of hydrogen-bond acceptors (Lipinski definition) is 2. The van der Waals surface area contributed by atoms with E-state index in [9.17, 15) is 5.11 Å². The molecule has 25 heavy (non-hydrogen) atoms. The molecule has 2 aliphatic rings. The van der Waals surface area contributed by atoms with Gasteiger partial charge in [-0.2, -0.15) is 0 Å². The van der Waals surface area contributed by atoms with Gasteiger partial charge >= 0.3 is 0 Å². The van der Waals surface area contributed by atoms with Crippen molar-refractivity contribution in [2.75, 3.05) is 6.61 Å². The van der Waals surface area contributed by atoms with Gasteiger partial charge in [-0.3, -0.25) is 0 Å². The molecule has 2 nitrogen and oxygen atoms in total. The topological polar surface area (TPSA) is 40.5 Å². The van der Waals surface area contributed by atoms with Gasteiger partial charge in [-0.25, -0.2) is 0 Å². The van der Waals surface area contributed by atoms with Gasteiger partial charge < -0.3 is 10.2 Å². The fourth-order valence-corrected chi connectivity index (χ4v) is 6.44. The molecule has 2 heteroatoms. The molecule has 0 heterocycles. The van der Waals surface area contributed by atoms with E-state index in [1.807, 2.05) is 6.92 Å². The van der Waals surface area contributed by atoms with Gasteiger partial charge in [-0.15, -0.1) is 0 Å². The Bertz CT molecular complexity index is 367. The van der Waals surface area contributed by atoms with Gasteiger partial charge in [0.2, 0.25) is 0 Å². The van der Waals surface area contributed by atoms with Crippen molar-refractivity contribution in [1.82, 2.24) is 0 Å². The van der Waals surface area contributed by atoms with Crippen LogP contribution >= 0.6 is 0 Å². The van der Waals surface area contributed by atoms with Crippen LogP contribution in [0.15, 0.2) is 0 Å². The van der Waals surface area contributed by atoms with E-state index in [-0.39, 0.29) is 6.10 Å². The lowest BCUT2D eigenvalue weighted by molar-refractivity contribution is 0.000418. The van der Waals surface area contributed by atoms with Gasteiger partial charge in [0.25, 0.3) is 0 Å². The van der Waals surface area contributed by atoms with Crippen LogP contribution < -0.4 is 0 Å². The lowest BCUT2D eigenvalue weighted by Gasteiger charge is -2.49. The van der Waals surface area contributed by atoms with E-state index in [2.05, 4.69) is 13.8 Å². The van der Waals surface area contributed by atoms with Gasteiger partial charge in [0.1, 0.15) is 0 Å². The fraction of sp³-hybridized carbons (Fsp3) is 1.00. The Morgan fingerprint density at radius 1 is 1.00 bits per heavy atom. The molecule has 0 aromatic heterocycles. The first-order valence-corrected chi connectivity index (χ1v) is 11.3. The SMILES string of the molecule is CCCC1CCC2(C)C(CCCC(C)O)CCC2C1CCCCCO. The highest BCUT2D eigenvalue weighted by atomic mass is 16.3. The van der Waals surface area contributed by atoms with E-state index >= 15 is 0 Å². The molecule has 2 fully saturated rings. The number of rotatable bonds is 11. The summed E-state index contributed by atoms with van der Waals surface area (Å²) in [6.07, 6.45) is 16.8. The summed E-state index contributed by atoms with van der Waals surface area (Å²) in [5.41, 5.74) is 0.560. The quantitative estimate of drug-likeness (QED) is 0.451. The molecule has 2 rings (SSSR count). The Hall–Kier alpha value is -0.0800. The minimum Gasteiger partial charge on any atom is -0.396 e. The predicted octanol–water partition coefficient (Wildman–Crippen LogP) is 5.95. The Morgan fingerprint density at radius 2 is 1.80 bits per heavy atom. The second-order valence-corrected chi connectivity index (χ2v) is 9.49. The van der Waals surface area contributed by atoms with Crippen LogP contribution in [0.4, 0.5) is 0 Å². The lowest BCUT2D eigenvalue weighted by atomic mass is 9.56. The first-order valence-electron chi connectivity index (χ1n) is 11.3. The van der Waals surface area contributed by atoms with Crippen molar-refractivity contribution in [3.8, 4) is 0 Å². The maximum atomic E-state index is 9.58. The second kappa shape index (κ2) is 10.3. The molecule has 148 valence electrons. The van der Waals surface area contributed by atoms with Crippen molar-refractivity contribution in [2.45, 2.75) is 110 Å². The highest BCUT2D eigenvalue weighted by Crippen LogP contribution is 2.61. The monoisotopic (exact) mass is 352 g/mol. The van der Waals surface area contributed by atoms with Crippen LogP contribution in [0.2, 0.25) is 0 Å². The second-order valence-electron chi connectivity index (χ2n) is 9.49. The molecule has 2 N–H and O–H groups in total. The molecule has 2 aliphatic carbocycles. The standard InChI is InChI=1S/C23H44O2/c1-4-9-19-15-16-23(3)20(11-8-10-18(2)25)13-14-22(23)21(19)12-6-5-7-17-24/h18-22,24-25H,4-17H2,1-3H3. The maximum absolute atomic E-state index is 9.58. The smallest absolute Gasteiger partial charge is 0.0512 e. The van der Waals surface area contributed by atoms with Gasteiger partial charge in [-0.1, -0.05) is 46.0 Å². The molecule has 0 spiro atoms. The van der Waals surface area contributed by atoms with Crippen molar-refractivity contribution in [2.24, 2.45) is 29.1 Å². The van der Waals surface area contributed by atoms with Crippen LogP contribution in [-0.2, 0) is 0 Å². The first kappa shape index (κ1) is 21.2. The summed E-state index contributed by atoms with van der Waals surface area (Å²) in [4.78, 5) is 0. The molecule has 0 aromatic carbocycles. The molecule has 6 unspecified atom stereocenters. The van der Waals surface area contributed by atoms with Crippen molar-refractivity contribution < 1.29 is 10.2 Å². The van der Waals surface area contributed by atoms with Gasteiger partial charge in [-0.05, 0) is 87.4 Å². The summed E-state index contributed by atoms with van der Waals surface area (Å²) in [6, 6.07) is 0. The molecular formula is C23H44O2. The number of unbranched alkanes of at least 4 members (excludes halogenated alkanes) is 2. The first-order chi connectivity index (χ1) is 12.0. The minimum atomic E-state index is -0.135. The van der Waals surface area contributed by atoms with Crippen molar-refractivity contribution >= 4 is 0 Å². The van der Waals surface area contributed by atoms with Crippen LogP contribution in [0.25, 0.3) is 0 Å². The molecule has 0 amide bonds. The Labute approximate surface area is 156 Å². The summed E-state index contributed by atoms with van der Waals surface area (Å²) < 4.78 is 0. The number of aliphatic hydroxyl groups excluding tert-OH is 2. The Morgan fingerprint density at radius 3 is 2.48 bits per heavy atom. The highest BCUT2D eigenvalue weighted by Gasteiger charge is 2.52. The third-order valence-electron chi connectivity index (χ3n) is 7.81. The highest BCUT2D eigenvalue weighted by molar-refractivity contribution is 5.02. The van der Waals surface area contributed by atoms with Crippen molar-refractivity contribution in [3.63, 3.8) is 0 Å². The molecule has 0 bridgehead atoms. The van der Waals surface area contributed by atoms with Gasteiger partial charge in [0.05, 0.1) is 6.10 Å². The number of aliphatic hydroxyl groups is 2. The van der Waals surface area contributed by atoms with E-state index in [0.717, 1.165) is 36.5 Å². The predicted molar refractivity (Wildman–Crippen MR) is 107 cm³/mol. The van der Waals surface area contributed by atoms with Crippen molar-refractivity contribution in [3.05, 3.63) is 0 Å². The molecule has 0 saturated heterocycles. The van der Waals surface area contributed by atoms with Crippen LogP contribution in [0.3, 0.4) is 0 Å². The normalized spacial score (nSPS) is 36.4. The van der Waals surface area contributed by atoms with Crippen LogP contribution in [0.1, 0.15) is 104 Å². The molecule has 2 saturated carbocycles. The van der Waals surface area contributed by atoms with E-state index in [1.54, 1.807) is 0 Å². The molecular weight excluding hydrogens is 308 g/mol. The third kappa shape index (κ3) is 5.45. The summed E-state index contributed by atoms with van der Waals surface area (Å²) >= 11 is 0. The van der Waals surface area contributed by atoms with E-state index in [4.69, 9.17) is 5.11 Å². The summed E-state index contributed by atoms with van der Waals surface area (Å²) in [6.45, 7) is 7.25. The number of hydrogen-bond donors (Lipinski definition) is 2. The average molecular weight is 353 g/mol. The summed E-state index contributed by atoms with van der Waals surface area (Å²) in [7, 11) is 0. The molecule has 0 aromatic rings. The van der Waals surface area contributed by atoms with E-state index < -0.39 is 0 Å². The zero-order valence-electron chi connectivity index (χ0n) is 17.2. The van der Waals surface area contributed by atoms with Crippen LogP contribution in [0, 0.1) is 29.1 Å². The largest absolute Gasteiger partial charge is 0.396 e. The van der Waals surface area contributed by atoms with Crippen molar-refractivity contribution in [1.29, 1.82) is 0 Å². The minimum absolute atomic E-state index is 0.135. The van der Waals surface area contributed by atoms with Gasteiger partial charge in [0, 0.05) is 6.61 Å². The summed E-state index contributed by atoms with van der Waals surface area (Å²) in [5.74, 6) is 3.70. The maximum Gasteiger partial charge on any atom is 0.0512 e. The van der Waals surface area contributed by atoms with Gasteiger partial charge in [0.15, 0.2) is 0 Å². The fourth-order valence-electron chi connectivity index (χ4n) is 6.44. The van der Waals surface area contributed by atoms with Crippen LogP contribution in [0.5, 0.6) is 0 Å². The Balaban J connectivity index is 1.98. The third-order valence-corrected chi connectivity index (χ3v) is 7.81. The zero-order valence-corrected chi connectivity index (χ0v) is 17.2. The number of fused-ring (bicyclic) bond motifs is 1. The van der Waals surface area contributed by atoms with Crippen LogP contribution in [-0.4, -0.2) is 22.9 Å².